The zero-order valence-electron chi connectivity index (χ0n) is 17.7. The van der Waals surface area contributed by atoms with Gasteiger partial charge in [-0.05, 0) is 42.6 Å². The number of anilines is 1. The molecule has 2 heterocycles. The molecule has 0 fully saturated rings. The lowest BCUT2D eigenvalue weighted by Gasteiger charge is -2.20. The lowest BCUT2D eigenvalue weighted by molar-refractivity contribution is -0.116. The van der Waals surface area contributed by atoms with Crippen molar-refractivity contribution < 1.29 is 9.59 Å². The molecule has 4 aromatic rings. The summed E-state index contributed by atoms with van der Waals surface area (Å²) in [5.41, 5.74) is 2.16. The second-order valence-corrected chi connectivity index (χ2v) is 8.88. The molecule has 0 unspecified atom stereocenters. The lowest BCUT2D eigenvalue weighted by Crippen LogP contribution is -2.38. The lowest BCUT2D eigenvalue weighted by atomic mass is 10.2. The van der Waals surface area contributed by atoms with E-state index in [1.807, 2.05) is 54.8 Å². The summed E-state index contributed by atoms with van der Waals surface area (Å²) >= 11 is 13.8. The minimum absolute atomic E-state index is 0.155. The smallest absolute Gasteiger partial charge is 0.258 e. The van der Waals surface area contributed by atoms with Crippen LogP contribution in [0.4, 0.5) is 5.69 Å². The molecule has 0 bridgehead atoms. The van der Waals surface area contributed by atoms with Crippen molar-refractivity contribution in [1.29, 1.82) is 0 Å². The predicted octanol–water partition coefficient (Wildman–Crippen LogP) is 6.01. The van der Waals surface area contributed by atoms with Crippen molar-refractivity contribution >= 4 is 52.0 Å². The highest BCUT2D eigenvalue weighted by molar-refractivity contribution is 7.13. The molecule has 0 aliphatic rings. The van der Waals surface area contributed by atoms with Crippen molar-refractivity contribution in [2.45, 2.75) is 6.92 Å². The van der Waals surface area contributed by atoms with Gasteiger partial charge in [-0.25, -0.2) is 4.68 Å². The Morgan fingerprint density at radius 1 is 1.03 bits per heavy atom. The highest BCUT2D eigenvalue weighted by Gasteiger charge is 2.25. The van der Waals surface area contributed by atoms with Gasteiger partial charge < -0.3 is 10.2 Å². The number of aromatic nitrogens is 2. The summed E-state index contributed by atoms with van der Waals surface area (Å²) in [7, 11) is 0. The van der Waals surface area contributed by atoms with E-state index < -0.39 is 5.91 Å². The Labute approximate surface area is 205 Å². The van der Waals surface area contributed by atoms with Gasteiger partial charge in [-0.3, -0.25) is 9.59 Å². The molecule has 6 nitrogen and oxygen atoms in total. The number of benzene rings is 2. The first kappa shape index (κ1) is 23.0. The van der Waals surface area contributed by atoms with Gasteiger partial charge in [0.2, 0.25) is 5.91 Å². The van der Waals surface area contributed by atoms with Crippen molar-refractivity contribution in [3.63, 3.8) is 0 Å². The van der Waals surface area contributed by atoms with E-state index in [0.717, 1.165) is 10.6 Å². The van der Waals surface area contributed by atoms with Crippen LogP contribution in [0.5, 0.6) is 0 Å². The first-order valence-electron chi connectivity index (χ1n) is 10.2. The molecule has 2 aromatic heterocycles. The molecule has 2 aromatic carbocycles. The molecule has 9 heteroatoms. The number of rotatable bonds is 7. The minimum Gasteiger partial charge on any atom is -0.329 e. The Morgan fingerprint density at radius 2 is 1.76 bits per heavy atom. The third-order valence-corrected chi connectivity index (χ3v) is 6.46. The average Bonchev–Trinajstić information content (AvgIpc) is 3.50. The molecule has 0 saturated heterocycles. The van der Waals surface area contributed by atoms with Crippen molar-refractivity contribution in [2.24, 2.45) is 0 Å². The number of nitrogens with zero attached hydrogens (tertiary/aromatic N) is 3. The Bertz CT molecular complexity index is 1250. The molecular formula is C24H20Cl2N4O2S. The molecular weight excluding hydrogens is 479 g/mol. The summed E-state index contributed by atoms with van der Waals surface area (Å²) in [4.78, 5) is 28.6. The number of hydrogen-bond donors (Lipinski definition) is 1. The maximum Gasteiger partial charge on any atom is 0.258 e. The third kappa shape index (κ3) is 5.11. The number of nitrogens with one attached hydrogen (secondary N) is 1. The van der Waals surface area contributed by atoms with E-state index in [-0.39, 0.29) is 12.5 Å². The molecule has 0 radical (unpaired) electrons. The van der Waals surface area contributed by atoms with Crippen LogP contribution in [-0.4, -0.2) is 39.6 Å². The molecule has 168 valence electrons. The van der Waals surface area contributed by atoms with E-state index >= 15 is 0 Å². The molecule has 4 rings (SSSR count). The molecule has 2 amide bonds. The quantitative estimate of drug-likeness (QED) is 0.339. The Balaban J connectivity index is 1.61. The van der Waals surface area contributed by atoms with Gasteiger partial charge in [0.25, 0.3) is 5.91 Å². The highest BCUT2D eigenvalue weighted by Crippen LogP contribution is 2.30. The van der Waals surface area contributed by atoms with Crippen LogP contribution in [0.2, 0.25) is 10.0 Å². The van der Waals surface area contributed by atoms with Gasteiger partial charge in [0, 0.05) is 12.7 Å². The maximum atomic E-state index is 13.5. The van der Waals surface area contributed by atoms with E-state index in [1.54, 1.807) is 29.1 Å². The zero-order valence-corrected chi connectivity index (χ0v) is 20.0. The van der Waals surface area contributed by atoms with Crippen LogP contribution in [0.3, 0.4) is 0 Å². The fourth-order valence-electron chi connectivity index (χ4n) is 3.31. The van der Waals surface area contributed by atoms with Crippen LogP contribution in [0.1, 0.15) is 17.3 Å². The zero-order chi connectivity index (χ0) is 23.4. The van der Waals surface area contributed by atoms with Gasteiger partial charge in [0.15, 0.2) is 0 Å². The predicted molar refractivity (Wildman–Crippen MR) is 134 cm³/mol. The molecule has 0 saturated carbocycles. The number of thiophene rings is 1. The van der Waals surface area contributed by atoms with E-state index in [9.17, 15) is 9.59 Å². The van der Waals surface area contributed by atoms with Gasteiger partial charge in [-0.15, -0.1) is 11.3 Å². The van der Waals surface area contributed by atoms with Crippen LogP contribution in [-0.2, 0) is 4.79 Å². The second-order valence-electron chi connectivity index (χ2n) is 7.11. The van der Waals surface area contributed by atoms with Gasteiger partial charge >= 0.3 is 0 Å². The number of carbonyl (C=O) groups is 2. The first-order valence-corrected chi connectivity index (χ1v) is 11.8. The monoisotopic (exact) mass is 498 g/mol. The Hall–Kier alpha value is -3.13. The fraction of sp³-hybridized carbons (Fsp3) is 0.125. The van der Waals surface area contributed by atoms with E-state index in [4.69, 9.17) is 23.2 Å². The van der Waals surface area contributed by atoms with Crippen molar-refractivity contribution in [1.82, 2.24) is 14.7 Å². The summed E-state index contributed by atoms with van der Waals surface area (Å²) in [6, 6.07) is 18.4. The molecule has 1 N–H and O–H groups in total. The SMILES string of the molecule is CCN(CC(=O)Nc1c(Cl)cccc1Cl)C(=O)c1cn(-c2ccccc2)nc1-c1cccs1. The summed E-state index contributed by atoms with van der Waals surface area (Å²) in [6.07, 6.45) is 1.71. The molecule has 33 heavy (non-hydrogen) atoms. The Morgan fingerprint density at radius 3 is 2.39 bits per heavy atom. The van der Waals surface area contributed by atoms with E-state index in [1.165, 1.54) is 16.2 Å². The van der Waals surface area contributed by atoms with Crippen LogP contribution in [0, 0.1) is 0 Å². The van der Waals surface area contributed by atoms with Crippen molar-refractivity contribution in [3.8, 4) is 16.3 Å². The minimum atomic E-state index is -0.395. The van der Waals surface area contributed by atoms with E-state index in [0.29, 0.717) is 33.5 Å². The number of likely N-dealkylation sites (N-methyl/N-ethyl adjacent to an activating group) is 1. The van der Waals surface area contributed by atoms with Crippen LogP contribution >= 0.6 is 34.5 Å². The first-order chi connectivity index (χ1) is 16.0. The fourth-order valence-corrected chi connectivity index (χ4v) is 4.52. The average molecular weight is 499 g/mol. The van der Waals surface area contributed by atoms with Crippen LogP contribution in [0.25, 0.3) is 16.3 Å². The highest BCUT2D eigenvalue weighted by atomic mass is 35.5. The molecule has 0 atom stereocenters. The summed E-state index contributed by atoms with van der Waals surface area (Å²) in [6.45, 7) is 2.00. The van der Waals surface area contributed by atoms with Gasteiger partial charge in [0.1, 0.15) is 12.2 Å². The summed E-state index contributed by atoms with van der Waals surface area (Å²) < 4.78 is 1.68. The summed E-state index contributed by atoms with van der Waals surface area (Å²) in [5, 5.41) is 9.97. The van der Waals surface area contributed by atoms with Crippen LogP contribution in [0.15, 0.2) is 72.2 Å². The number of amides is 2. The third-order valence-electron chi connectivity index (χ3n) is 4.95. The standard InChI is InChI=1S/C24H20Cl2N4O2S/c1-2-29(15-21(31)27-23-18(25)10-6-11-19(23)26)24(32)17-14-30(16-8-4-3-5-9-16)28-22(17)20-12-7-13-33-20/h3-14H,2,15H2,1H3,(H,27,31). The normalized spacial score (nSPS) is 10.8. The van der Waals surface area contributed by atoms with Gasteiger partial charge in [0.05, 0.1) is 31.9 Å². The molecule has 0 aliphatic carbocycles. The second kappa shape index (κ2) is 10.2. The number of halogens is 2. The molecule has 0 spiro atoms. The van der Waals surface area contributed by atoms with Gasteiger partial charge in [-0.1, -0.05) is 53.5 Å². The van der Waals surface area contributed by atoms with Crippen LogP contribution < -0.4 is 5.32 Å². The summed E-state index contributed by atoms with van der Waals surface area (Å²) in [5.74, 6) is -0.684. The largest absolute Gasteiger partial charge is 0.329 e. The van der Waals surface area contributed by atoms with E-state index in [2.05, 4.69) is 10.4 Å². The number of carbonyl (C=O) groups excluding carboxylic acids is 2. The Kier molecular flexibility index (Phi) is 7.13. The van der Waals surface area contributed by atoms with Gasteiger partial charge in [-0.2, -0.15) is 5.10 Å². The molecule has 0 aliphatic heterocycles. The maximum absolute atomic E-state index is 13.5. The van der Waals surface area contributed by atoms with Crippen molar-refractivity contribution in [3.05, 3.63) is 87.8 Å². The number of para-hydroxylation sites is 2. The topological polar surface area (TPSA) is 67.2 Å². The van der Waals surface area contributed by atoms with Crippen molar-refractivity contribution in [2.75, 3.05) is 18.4 Å². The number of hydrogen-bond acceptors (Lipinski definition) is 4.